The molecule has 1 aromatic rings. The summed E-state index contributed by atoms with van der Waals surface area (Å²) in [7, 11) is -3.40. The van der Waals surface area contributed by atoms with Crippen LogP contribution in [-0.2, 0) is 21.3 Å². The Balaban J connectivity index is 1.59. The van der Waals surface area contributed by atoms with Gasteiger partial charge in [0.05, 0.1) is 17.5 Å². The van der Waals surface area contributed by atoms with Crippen molar-refractivity contribution in [3.8, 4) is 0 Å². The van der Waals surface area contributed by atoms with Gasteiger partial charge in [-0.25, -0.2) is 18.1 Å². The van der Waals surface area contributed by atoms with E-state index in [-0.39, 0.29) is 6.04 Å². The Bertz CT molecular complexity index is 752. The van der Waals surface area contributed by atoms with Crippen LogP contribution in [0.3, 0.4) is 0 Å². The molecule has 2 fully saturated rings. The largest absolute Gasteiger partial charge is 0.378 e. The average molecular weight is 409 g/mol. The molecule has 0 spiro atoms. The first-order valence-electron chi connectivity index (χ1n) is 10.3. The predicted molar refractivity (Wildman–Crippen MR) is 111 cm³/mol. The van der Waals surface area contributed by atoms with Crippen molar-refractivity contribution in [1.29, 1.82) is 0 Å². The van der Waals surface area contributed by atoms with Crippen LogP contribution in [-0.4, -0.2) is 57.7 Å². The lowest BCUT2D eigenvalue weighted by molar-refractivity contribution is 0.0263. The zero-order valence-electron chi connectivity index (χ0n) is 16.9. The van der Waals surface area contributed by atoms with Crippen molar-refractivity contribution in [1.82, 2.24) is 14.9 Å². The van der Waals surface area contributed by atoms with E-state index in [1.807, 2.05) is 19.1 Å². The molecule has 0 radical (unpaired) electrons. The molecule has 2 N–H and O–H groups in total. The van der Waals surface area contributed by atoms with Crippen LogP contribution in [0.15, 0.2) is 34.2 Å². The van der Waals surface area contributed by atoms with E-state index in [4.69, 9.17) is 9.73 Å². The van der Waals surface area contributed by atoms with Gasteiger partial charge in [0.25, 0.3) is 0 Å². The Morgan fingerprint density at radius 1 is 1.14 bits per heavy atom. The van der Waals surface area contributed by atoms with Gasteiger partial charge in [0.2, 0.25) is 10.0 Å². The van der Waals surface area contributed by atoms with Gasteiger partial charge in [-0.05, 0) is 57.2 Å². The molecule has 1 saturated carbocycles. The number of rotatable bonds is 8. The average Bonchev–Trinajstić information content (AvgIpc) is 3.50. The maximum Gasteiger partial charge on any atom is 0.240 e. The lowest BCUT2D eigenvalue weighted by Crippen LogP contribution is -2.47. The smallest absolute Gasteiger partial charge is 0.240 e. The number of nitrogens with zero attached hydrogens (tertiary/aromatic N) is 2. The molecule has 0 unspecified atom stereocenters. The topological polar surface area (TPSA) is 83.0 Å². The highest BCUT2D eigenvalue weighted by Crippen LogP contribution is 2.22. The van der Waals surface area contributed by atoms with E-state index in [9.17, 15) is 8.42 Å². The van der Waals surface area contributed by atoms with Crippen LogP contribution in [0, 0.1) is 0 Å². The second kappa shape index (κ2) is 9.71. The quantitative estimate of drug-likeness (QED) is 0.508. The molecule has 1 aliphatic heterocycles. The van der Waals surface area contributed by atoms with Crippen molar-refractivity contribution < 1.29 is 13.2 Å². The summed E-state index contributed by atoms with van der Waals surface area (Å²) in [4.78, 5) is 7.35. The van der Waals surface area contributed by atoms with Gasteiger partial charge in [-0.1, -0.05) is 12.1 Å². The number of nitrogens with one attached hydrogen (secondary N) is 2. The fourth-order valence-electron chi connectivity index (χ4n) is 3.32. The third kappa shape index (κ3) is 5.93. The third-order valence-electron chi connectivity index (χ3n) is 5.02. The van der Waals surface area contributed by atoms with Crippen molar-refractivity contribution in [3.63, 3.8) is 0 Å². The number of ether oxygens (including phenoxy) is 1. The molecule has 156 valence electrons. The number of piperidine rings is 1. The molecular weight excluding hydrogens is 376 g/mol. The standard InChI is InChI=1S/C20H32N4O3S/c1-3-21-20(24-13-11-18(12-14-24)27-4-2)22-15-16-5-9-19(10-6-16)28(25,26)23-17-7-8-17/h5-6,9-10,17-18,23H,3-4,7-8,11-15H2,1-2H3,(H,21,22). The summed E-state index contributed by atoms with van der Waals surface area (Å²) in [5, 5.41) is 3.36. The second-order valence-electron chi connectivity index (χ2n) is 7.35. The van der Waals surface area contributed by atoms with Crippen molar-refractivity contribution in [2.24, 2.45) is 4.99 Å². The van der Waals surface area contributed by atoms with Crippen molar-refractivity contribution >= 4 is 16.0 Å². The molecular formula is C20H32N4O3S. The third-order valence-corrected chi connectivity index (χ3v) is 6.56. The zero-order chi connectivity index (χ0) is 20.0. The summed E-state index contributed by atoms with van der Waals surface area (Å²) >= 11 is 0. The molecule has 1 saturated heterocycles. The molecule has 1 aliphatic carbocycles. The summed E-state index contributed by atoms with van der Waals surface area (Å²) in [5.41, 5.74) is 0.991. The summed E-state index contributed by atoms with van der Waals surface area (Å²) < 4.78 is 32.9. The van der Waals surface area contributed by atoms with Gasteiger partial charge in [-0.3, -0.25) is 0 Å². The minimum atomic E-state index is -3.40. The molecule has 0 amide bonds. The van der Waals surface area contributed by atoms with E-state index in [0.29, 0.717) is 17.5 Å². The minimum Gasteiger partial charge on any atom is -0.378 e. The van der Waals surface area contributed by atoms with Crippen molar-refractivity contribution in [2.75, 3.05) is 26.2 Å². The van der Waals surface area contributed by atoms with Crippen LogP contribution in [0.1, 0.15) is 45.1 Å². The van der Waals surface area contributed by atoms with E-state index in [2.05, 4.69) is 21.9 Å². The highest BCUT2D eigenvalue weighted by molar-refractivity contribution is 7.89. The van der Waals surface area contributed by atoms with Crippen molar-refractivity contribution in [2.45, 2.75) is 63.1 Å². The lowest BCUT2D eigenvalue weighted by atomic mass is 10.1. The normalized spacial score (nSPS) is 19.1. The number of aliphatic imine (C=N–C) groups is 1. The lowest BCUT2D eigenvalue weighted by Gasteiger charge is -2.34. The highest BCUT2D eigenvalue weighted by Gasteiger charge is 2.27. The van der Waals surface area contributed by atoms with Gasteiger partial charge in [-0.2, -0.15) is 0 Å². The summed E-state index contributed by atoms with van der Waals surface area (Å²) in [6.07, 6.45) is 4.24. The van der Waals surface area contributed by atoms with E-state index < -0.39 is 10.0 Å². The Morgan fingerprint density at radius 3 is 2.39 bits per heavy atom. The number of guanidine groups is 1. The van der Waals surface area contributed by atoms with Crippen LogP contribution in [0.25, 0.3) is 0 Å². The van der Waals surface area contributed by atoms with Crippen LogP contribution in [0.4, 0.5) is 0 Å². The first-order chi connectivity index (χ1) is 13.5. The Kier molecular flexibility index (Phi) is 7.31. The number of benzene rings is 1. The maximum atomic E-state index is 12.3. The zero-order valence-corrected chi connectivity index (χ0v) is 17.7. The number of likely N-dealkylation sites (tertiary alicyclic amines) is 1. The van der Waals surface area contributed by atoms with Crippen LogP contribution in [0.2, 0.25) is 0 Å². The highest BCUT2D eigenvalue weighted by atomic mass is 32.2. The second-order valence-corrected chi connectivity index (χ2v) is 9.07. The first kappa shape index (κ1) is 21.1. The van der Waals surface area contributed by atoms with E-state index in [0.717, 1.165) is 63.4 Å². The molecule has 0 bridgehead atoms. The maximum absolute atomic E-state index is 12.3. The van der Waals surface area contributed by atoms with Gasteiger partial charge >= 0.3 is 0 Å². The molecule has 1 aromatic carbocycles. The first-order valence-corrected chi connectivity index (χ1v) is 11.8. The Labute approximate surface area is 168 Å². The molecule has 3 rings (SSSR count). The van der Waals surface area contributed by atoms with Gasteiger partial charge in [-0.15, -0.1) is 0 Å². The van der Waals surface area contributed by atoms with E-state index in [1.54, 1.807) is 12.1 Å². The Morgan fingerprint density at radius 2 is 1.82 bits per heavy atom. The summed E-state index contributed by atoms with van der Waals surface area (Å²) in [6.45, 7) is 8.06. The Hall–Kier alpha value is -1.64. The summed E-state index contributed by atoms with van der Waals surface area (Å²) in [5.74, 6) is 0.907. The van der Waals surface area contributed by atoms with E-state index >= 15 is 0 Å². The van der Waals surface area contributed by atoms with Crippen LogP contribution < -0.4 is 10.0 Å². The SMILES string of the molecule is CCNC(=NCc1ccc(S(=O)(=O)NC2CC2)cc1)N1CCC(OCC)CC1. The molecule has 1 heterocycles. The van der Waals surface area contributed by atoms with Gasteiger partial charge in [0.15, 0.2) is 5.96 Å². The van der Waals surface area contributed by atoms with Crippen LogP contribution >= 0.6 is 0 Å². The van der Waals surface area contributed by atoms with Gasteiger partial charge in [0, 0.05) is 32.3 Å². The number of sulfonamides is 1. The fourth-order valence-corrected chi connectivity index (χ4v) is 4.63. The predicted octanol–water partition coefficient (Wildman–Crippen LogP) is 2.09. The number of hydrogen-bond donors (Lipinski definition) is 2. The molecule has 28 heavy (non-hydrogen) atoms. The van der Waals surface area contributed by atoms with Gasteiger partial charge in [0.1, 0.15) is 0 Å². The van der Waals surface area contributed by atoms with Crippen LogP contribution in [0.5, 0.6) is 0 Å². The van der Waals surface area contributed by atoms with E-state index in [1.165, 1.54) is 0 Å². The molecule has 0 aromatic heterocycles. The molecule has 7 nitrogen and oxygen atoms in total. The molecule has 8 heteroatoms. The summed E-state index contributed by atoms with van der Waals surface area (Å²) in [6, 6.07) is 7.13. The molecule has 0 atom stereocenters. The monoisotopic (exact) mass is 408 g/mol. The minimum absolute atomic E-state index is 0.115. The molecule has 2 aliphatic rings. The van der Waals surface area contributed by atoms with Gasteiger partial charge < -0.3 is 15.0 Å². The number of hydrogen-bond acceptors (Lipinski definition) is 4. The van der Waals surface area contributed by atoms with Crippen molar-refractivity contribution in [3.05, 3.63) is 29.8 Å². The fraction of sp³-hybridized carbons (Fsp3) is 0.650.